The van der Waals surface area contributed by atoms with E-state index < -0.39 is 20.4 Å². The van der Waals surface area contributed by atoms with Gasteiger partial charge in [0.05, 0.1) is 0 Å². The first-order valence-corrected chi connectivity index (χ1v) is 6.82. The molecule has 0 aliphatic heterocycles. The molecule has 0 atom stereocenters. The van der Waals surface area contributed by atoms with Crippen LogP contribution in [0.3, 0.4) is 0 Å². The Balaban J connectivity index is 5.13. The average Bonchev–Trinajstić information content (AvgIpc) is 2.24. The third-order valence-electron chi connectivity index (χ3n) is 3.44. The Hall–Kier alpha value is -0.423. The molecule has 0 bridgehead atoms. The fourth-order valence-electron chi connectivity index (χ4n) is 2.21. The highest BCUT2D eigenvalue weighted by Gasteiger charge is 2.48. The summed E-state index contributed by atoms with van der Waals surface area (Å²) in [6, 6.07) is 0. The Kier molecular flexibility index (Phi) is 5.45. The minimum Gasteiger partial charge on any atom is -0.511 e. The van der Waals surface area contributed by atoms with Gasteiger partial charge in [-0.2, -0.15) is 0 Å². The van der Waals surface area contributed by atoms with Crippen molar-refractivity contribution in [3.05, 3.63) is 0 Å². The summed E-state index contributed by atoms with van der Waals surface area (Å²) in [4.78, 5) is 8.92. The molecule has 5 heteroatoms. The van der Waals surface area contributed by atoms with Crippen LogP contribution < -0.4 is 0 Å². The van der Waals surface area contributed by atoms with Crippen molar-refractivity contribution in [1.82, 2.24) is 0 Å². The highest BCUT2D eigenvalue weighted by molar-refractivity contribution is 6.24. The smallest absolute Gasteiger partial charge is 0.511 e. The summed E-state index contributed by atoms with van der Waals surface area (Å²) in [5.41, 5.74) is -1.93. The number of hydrogen-bond acceptors (Lipinski definition) is 3. The summed E-state index contributed by atoms with van der Waals surface area (Å²) in [6.07, 6.45) is 2.08. The monoisotopic (exact) mass is 234 g/mol. The van der Waals surface area contributed by atoms with E-state index in [4.69, 9.17) is 9.22 Å². The molecule has 0 aromatic carbocycles. The van der Waals surface area contributed by atoms with Crippen LogP contribution in [0, 0.1) is 0 Å². The molecule has 15 heavy (non-hydrogen) atoms. The van der Waals surface area contributed by atoms with Crippen LogP contribution in [0.5, 0.6) is 0 Å². The maximum absolute atomic E-state index is 10.9. The van der Waals surface area contributed by atoms with Crippen LogP contribution in [-0.2, 0) is 8.89 Å². The van der Waals surface area contributed by atoms with Gasteiger partial charge in [-0.05, 0) is 25.7 Å². The van der Waals surface area contributed by atoms with Crippen LogP contribution in [0.15, 0.2) is 0 Å². The van der Waals surface area contributed by atoms with Crippen molar-refractivity contribution in [3.63, 3.8) is 0 Å². The molecule has 0 aliphatic rings. The van der Waals surface area contributed by atoms with E-state index >= 15 is 0 Å². The first-order valence-electron chi connectivity index (χ1n) is 5.55. The Morgan fingerprint density at radius 2 is 1.47 bits per heavy atom. The molecule has 0 radical (unpaired) electrons. The second-order valence-corrected chi connectivity index (χ2v) is 4.54. The van der Waals surface area contributed by atoms with Gasteiger partial charge in [0.25, 0.3) is 0 Å². The zero-order valence-electron chi connectivity index (χ0n) is 10.0. The maximum atomic E-state index is 10.9. The lowest BCUT2D eigenvalue weighted by Gasteiger charge is -2.45. The van der Waals surface area contributed by atoms with E-state index in [1.807, 2.05) is 27.7 Å². The lowest BCUT2D eigenvalue weighted by Crippen LogP contribution is -2.56. The van der Waals surface area contributed by atoms with Crippen LogP contribution in [-0.4, -0.2) is 30.3 Å². The fourth-order valence-corrected chi connectivity index (χ4v) is 3.02. The van der Waals surface area contributed by atoms with Crippen molar-refractivity contribution in [2.45, 2.75) is 64.6 Å². The molecule has 0 amide bonds. The molecule has 2 N–H and O–H groups in total. The van der Waals surface area contributed by atoms with Crippen LogP contribution in [0.25, 0.3) is 0 Å². The molecule has 0 saturated carbocycles. The largest absolute Gasteiger partial charge is 0.765 e. The van der Waals surface area contributed by atoms with Gasteiger partial charge >= 0.3 is 9.17 Å². The van der Waals surface area contributed by atoms with E-state index in [-0.39, 0.29) is 0 Å². The van der Waals surface area contributed by atoms with E-state index in [1.165, 1.54) is 0 Å². The van der Waals surface area contributed by atoms with Crippen molar-refractivity contribution in [3.8, 4) is 0 Å². The number of aliphatic hydroxyl groups is 1. The molecule has 0 heterocycles. The van der Waals surface area contributed by atoms with Crippen molar-refractivity contribution >= 4 is 9.17 Å². The van der Waals surface area contributed by atoms with Gasteiger partial charge in [0, 0.05) is 0 Å². The highest BCUT2D eigenvalue weighted by atomic mass is 28.3. The Morgan fingerprint density at radius 1 is 1.07 bits per heavy atom. The van der Waals surface area contributed by atoms with Gasteiger partial charge in [-0.25, -0.2) is 0 Å². The van der Waals surface area contributed by atoms with Gasteiger partial charge < -0.3 is 14.3 Å². The van der Waals surface area contributed by atoms with Gasteiger partial charge in [0.2, 0.25) is 0 Å². The molecule has 0 aromatic rings. The first kappa shape index (κ1) is 14.6. The van der Waals surface area contributed by atoms with E-state index in [1.54, 1.807) is 0 Å². The normalized spacial score (nSPS) is 12.6. The topological polar surface area (TPSA) is 66.8 Å². The molecule has 0 rings (SSSR count). The molecular formula is C10H22O4Si. The lowest BCUT2D eigenvalue weighted by molar-refractivity contribution is -0.153. The molecule has 0 saturated heterocycles. The number of rotatable bonds is 7. The molecule has 0 spiro atoms. The summed E-state index contributed by atoms with van der Waals surface area (Å²) in [5, 5.41) is 10.4. The summed E-state index contributed by atoms with van der Waals surface area (Å²) >= 11 is 0. The van der Waals surface area contributed by atoms with Gasteiger partial charge in [0.15, 0.2) is 0 Å². The zero-order valence-corrected chi connectivity index (χ0v) is 11.0. The van der Waals surface area contributed by atoms with Crippen LogP contribution >= 0.6 is 0 Å². The third-order valence-corrected chi connectivity index (χ3v) is 4.01. The van der Waals surface area contributed by atoms with Crippen molar-refractivity contribution in [2.75, 3.05) is 0 Å². The summed E-state index contributed by atoms with van der Waals surface area (Å²) in [5.74, 6) is 0. The SMILES string of the molecule is CCC(O)(CC)C(CC)(CC)O[Si](=O)O. The van der Waals surface area contributed by atoms with Gasteiger partial charge in [-0.1, -0.05) is 27.7 Å². The van der Waals surface area contributed by atoms with Gasteiger partial charge in [-0.3, -0.25) is 4.46 Å². The summed E-state index contributed by atoms with van der Waals surface area (Å²) in [6.45, 7) is 7.46. The summed E-state index contributed by atoms with van der Waals surface area (Å²) < 4.78 is 16.0. The van der Waals surface area contributed by atoms with E-state index in [2.05, 4.69) is 0 Å². The number of hydrogen-bond donors (Lipinski definition) is 2. The Labute approximate surface area is 93.2 Å². The maximum Gasteiger partial charge on any atom is 0.765 e. The fraction of sp³-hybridized carbons (Fsp3) is 1.00. The van der Waals surface area contributed by atoms with E-state index in [9.17, 15) is 9.57 Å². The molecule has 0 aromatic heterocycles. The van der Waals surface area contributed by atoms with E-state index in [0.29, 0.717) is 25.7 Å². The zero-order chi connectivity index (χ0) is 12.1. The Bertz CT molecular complexity index is 209. The van der Waals surface area contributed by atoms with Crippen LogP contribution in [0.4, 0.5) is 0 Å². The van der Waals surface area contributed by atoms with E-state index in [0.717, 1.165) is 0 Å². The van der Waals surface area contributed by atoms with Crippen molar-refractivity contribution in [1.29, 1.82) is 0 Å². The van der Waals surface area contributed by atoms with Crippen LogP contribution in [0.2, 0.25) is 0 Å². The second-order valence-electron chi connectivity index (χ2n) is 3.81. The summed E-state index contributed by atoms with van der Waals surface area (Å²) in [7, 11) is -3.03. The first-order chi connectivity index (χ1) is 6.91. The molecule has 90 valence electrons. The molecular weight excluding hydrogens is 212 g/mol. The third kappa shape index (κ3) is 2.78. The predicted octanol–water partition coefficient (Wildman–Crippen LogP) is 1.52. The highest BCUT2D eigenvalue weighted by Crippen LogP contribution is 2.37. The molecule has 0 aliphatic carbocycles. The lowest BCUT2D eigenvalue weighted by atomic mass is 9.75. The molecule has 0 fully saturated rings. The van der Waals surface area contributed by atoms with Crippen molar-refractivity contribution in [2.24, 2.45) is 0 Å². The average molecular weight is 234 g/mol. The van der Waals surface area contributed by atoms with Gasteiger partial charge in [0.1, 0.15) is 11.2 Å². The minimum absolute atomic E-state index is 0.514. The minimum atomic E-state index is -3.03. The predicted molar refractivity (Wildman–Crippen MR) is 58.6 cm³/mol. The van der Waals surface area contributed by atoms with Crippen molar-refractivity contribution < 1.29 is 18.8 Å². The quantitative estimate of drug-likeness (QED) is 0.655. The molecule has 0 unspecified atom stereocenters. The van der Waals surface area contributed by atoms with Crippen LogP contribution in [0.1, 0.15) is 53.4 Å². The Morgan fingerprint density at radius 3 is 1.67 bits per heavy atom. The second kappa shape index (κ2) is 5.60. The molecule has 4 nitrogen and oxygen atoms in total. The van der Waals surface area contributed by atoms with Gasteiger partial charge in [-0.15, -0.1) is 0 Å². The standard InChI is InChI=1S/C10H22O4Si/c1-5-9(11,6-2)10(7-3,8-4)14-15(12)13/h11-12H,5-8H2,1-4H3.